The van der Waals surface area contributed by atoms with Crippen molar-refractivity contribution in [1.82, 2.24) is 19.1 Å². The minimum Gasteiger partial charge on any atom is -0.307 e. The molecule has 0 radical (unpaired) electrons. The Morgan fingerprint density at radius 3 is 1.60 bits per heavy atom. The molecule has 4 heteroatoms. The number of fused-ring (bicyclic) bond motifs is 12. The second-order valence-corrected chi connectivity index (χ2v) is 12.9. The summed E-state index contributed by atoms with van der Waals surface area (Å²) in [6.07, 6.45) is 0. The first kappa shape index (κ1) is 27.2. The summed E-state index contributed by atoms with van der Waals surface area (Å²) in [5.41, 5.74) is 8.52. The minimum absolute atomic E-state index is 0.652. The van der Waals surface area contributed by atoms with Gasteiger partial charge in [0.2, 0.25) is 5.95 Å². The van der Waals surface area contributed by atoms with Gasteiger partial charge in [-0.1, -0.05) is 140 Å². The third-order valence-electron chi connectivity index (χ3n) is 10.3. The Kier molecular flexibility index (Phi) is 5.63. The van der Waals surface area contributed by atoms with Crippen LogP contribution in [-0.2, 0) is 0 Å². The highest BCUT2D eigenvalue weighted by atomic mass is 15.2. The lowest BCUT2D eigenvalue weighted by atomic mass is 9.98. The van der Waals surface area contributed by atoms with Crippen LogP contribution in [0.2, 0.25) is 0 Å². The van der Waals surface area contributed by atoms with Crippen molar-refractivity contribution >= 4 is 76.1 Å². The van der Waals surface area contributed by atoms with Gasteiger partial charge in [-0.25, -0.2) is 9.97 Å². The molecule has 11 rings (SSSR count). The van der Waals surface area contributed by atoms with Crippen molar-refractivity contribution in [2.45, 2.75) is 0 Å². The molecule has 3 heterocycles. The molecule has 0 saturated heterocycles. The van der Waals surface area contributed by atoms with Crippen LogP contribution in [0.1, 0.15) is 0 Å². The summed E-state index contributed by atoms with van der Waals surface area (Å²) in [5.74, 6) is 0.652. The molecule has 0 saturated carbocycles. The van der Waals surface area contributed by atoms with Crippen molar-refractivity contribution in [2.24, 2.45) is 0 Å². The maximum absolute atomic E-state index is 5.55. The summed E-state index contributed by atoms with van der Waals surface area (Å²) in [6.45, 7) is 0. The molecule has 0 atom stereocenters. The average molecular weight is 637 g/mol. The van der Waals surface area contributed by atoms with Gasteiger partial charge in [0, 0.05) is 38.2 Å². The van der Waals surface area contributed by atoms with Crippen LogP contribution in [0.4, 0.5) is 0 Å². The molecule has 0 aliphatic heterocycles. The van der Waals surface area contributed by atoms with E-state index in [9.17, 15) is 0 Å². The van der Waals surface area contributed by atoms with E-state index in [0.29, 0.717) is 5.95 Å². The Hall–Kier alpha value is -6.78. The van der Waals surface area contributed by atoms with Gasteiger partial charge in [-0.2, -0.15) is 0 Å². The highest BCUT2D eigenvalue weighted by Gasteiger charge is 2.26. The Morgan fingerprint density at radius 2 is 0.880 bits per heavy atom. The first-order valence-electron chi connectivity index (χ1n) is 17.0. The van der Waals surface area contributed by atoms with Crippen LogP contribution in [0.5, 0.6) is 0 Å². The molecule has 0 aliphatic rings. The van der Waals surface area contributed by atoms with Crippen molar-refractivity contribution < 1.29 is 0 Å². The zero-order valence-corrected chi connectivity index (χ0v) is 27.0. The Bertz CT molecular complexity index is 3140. The van der Waals surface area contributed by atoms with Crippen LogP contribution in [0.25, 0.3) is 99.0 Å². The third kappa shape index (κ3) is 3.70. The molecule has 0 N–H and O–H groups in total. The molecule has 50 heavy (non-hydrogen) atoms. The third-order valence-corrected chi connectivity index (χ3v) is 10.3. The number of nitrogens with zero attached hydrogens (tertiary/aromatic N) is 4. The van der Waals surface area contributed by atoms with E-state index in [4.69, 9.17) is 9.97 Å². The van der Waals surface area contributed by atoms with Gasteiger partial charge in [0.1, 0.15) is 0 Å². The van der Waals surface area contributed by atoms with E-state index in [1.807, 2.05) is 0 Å². The molecule has 0 amide bonds. The van der Waals surface area contributed by atoms with Gasteiger partial charge in [-0.05, 0) is 51.9 Å². The zero-order valence-electron chi connectivity index (χ0n) is 27.0. The zero-order chi connectivity index (χ0) is 32.8. The van der Waals surface area contributed by atoms with Gasteiger partial charge in [-0.15, -0.1) is 0 Å². The van der Waals surface area contributed by atoms with Crippen molar-refractivity contribution in [3.8, 4) is 22.9 Å². The molecule has 4 nitrogen and oxygen atoms in total. The molecule has 0 unspecified atom stereocenters. The molecule has 11 aromatic rings. The summed E-state index contributed by atoms with van der Waals surface area (Å²) in [6, 6.07) is 60.5. The maximum atomic E-state index is 5.55. The normalized spacial score (nSPS) is 12.0. The monoisotopic (exact) mass is 636 g/mol. The van der Waals surface area contributed by atoms with Crippen molar-refractivity contribution in [1.29, 1.82) is 0 Å². The maximum Gasteiger partial charge on any atom is 0.235 e. The van der Waals surface area contributed by atoms with Crippen LogP contribution < -0.4 is 0 Å². The lowest BCUT2D eigenvalue weighted by Gasteiger charge is -2.15. The number of aromatic nitrogens is 4. The number of hydrogen-bond donors (Lipinski definition) is 0. The van der Waals surface area contributed by atoms with E-state index in [0.717, 1.165) is 44.4 Å². The quantitative estimate of drug-likeness (QED) is 0.193. The smallest absolute Gasteiger partial charge is 0.235 e. The predicted octanol–water partition coefficient (Wildman–Crippen LogP) is 11.8. The van der Waals surface area contributed by atoms with E-state index >= 15 is 0 Å². The molecular weight excluding hydrogens is 609 g/mol. The summed E-state index contributed by atoms with van der Waals surface area (Å²) in [5, 5.41) is 10.7. The molecular formula is C46H28N4. The Labute approximate surface area is 287 Å². The fourth-order valence-corrected chi connectivity index (χ4v) is 8.25. The average Bonchev–Trinajstić information content (AvgIpc) is 3.72. The van der Waals surface area contributed by atoms with E-state index in [1.54, 1.807) is 0 Å². The van der Waals surface area contributed by atoms with Crippen LogP contribution in [-0.4, -0.2) is 19.1 Å². The summed E-state index contributed by atoms with van der Waals surface area (Å²) in [7, 11) is 0. The SMILES string of the molecule is c1ccc(-n2c3ccccc3c3c4ccccc4c4c5ccccc5n(-c5nc(-c6cccc7ccccc67)c6ccccc6n5)c4c32)cc1. The topological polar surface area (TPSA) is 35.6 Å². The molecule has 0 bridgehead atoms. The lowest BCUT2D eigenvalue weighted by molar-refractivity contribution is 1.01. The van der Waals surface area contributed by atoms with Crippen molar-refractivity contribution in [3.63, 3.8) is 0 Å². The fraction of sp³-hybridized carbons (Fsp3) is 0. The number of hydrogen-bond acceptors (Lipinski definition) is 2. The number of rotatable bonds is 3. The molecule has 0 fully saturated rings. The van der Waals surface area contributed by atoms with Gasteiger partial charge in [-0.3, -0.25) is 4.57 Å². The molecule has 8 aromatic carbocycles. The van der Waals surface area contributed by atoms with E-state index < -0.39 is 0 Å². The van der Waals surface area contributed by atoms with Crippen molar-refractivity contribution in [2.75, 3.05) is 0 Å². The molecule has 3 aromatic heterocycles. The van der Waals surface area contributed by atoms with Crippen LogP contribution >= 0.6 is 0 Å². The molecule has 0 spiro atoms. The first-order chi connectivity index (χ1) is 24.8. The summed E-state index contributed by atoms with van der Waals surface area (Å²) < 4.78 is 4.75. The van der Waals surface area contributed by atoms with Crippen molar-refractivity contribution in [3.05, 3.63) is 170 Å². The second kappa shape index (κ2) is 10.4. The molecule has 0 aliphatic carbocycles. The predicted molar refractivity (Wildman–Crippen MR) is 209 cm³/mol. The largest absolute Gasteiger partial charge is 0.307 e. The van der Waals surface area contributed by atoms with E-state index in [1.165, 1.54) is 48.6 Å². The second-order valence-electron chi connectivity index (χ2n) is 12.9. The van der Waals surface area contributed by atoms with E-state index in [-0.39, 0.29) is 0 Å². The molecule has 232 valence electrons. The van der Waals surface area contributed by atoms with Crippen LogP contribution in [0.3, 0.4) is 0 Å². The Balaban J connectivity index is 1.40. The fourth-order valence-electron chi connectivity index (χ4n) is 8.25. The summed E-state index contributed by atoms with van der Waals surface area (Å²) in [4.78, 5) is 10.9. The van der Waals surface area contributed by atoms with Gasteiger partial charge < -0.3 is 4.57 Å². The Morgan fingerprint density at radius 1 is 0.360 bits per heavy atom. The minimum atomic E-state index is 0.652. The standard InChI is InChI=1S/C46H28N4/c1-2-17-30(18-3-1)49-39-27-12-9-23-36(39)41-32-20-6-7-21-33(32)42-37-24-10-13-28-40(37)50(45(42)44(41)49)46-47-38-26-11-8-22-35(38)43(48-46)34-25-14-16-29-15-4-5-19-31(29)34/h1-28H. The highest BCUT2D eigenvalue weighted by molar-refractivity contribution is 6.36. The van der Waals surface area contributed by atoms with Gasteiger partial charge in [0.25, 0.3) is 0 Å². The number of para-hydroxylation sites is 4. The van der Waals surface area contributed by atoms with Gasteiger partial charge in [0.15, 0.2) is 0 Å². The van der Waals surface area contributed by atoms with E-state index in [2.05, 4.69) is 179 Å². The number of benzene rings is 8. The van der Waals surface area contributed by atoms with Crippen LogP contribution in [0.15, 0.2) is 170 Å². The van der Waals surface area contributed by atoms with Gasteiger partial charge in [0.05, 0.1) is 33.3 Å². The lowest BCUT2D eigenvalue weighted by Crippen LogP contribution is -2.05. The summed E-state index contributed by atoms with van der Waals surface area (Å²) >= 11 is 0. The van der Waals surface area contributed by atoms with Gasteiger partial charge >= 0.3 is 0 Å². The van der Waals surface area contributed by atoms with Crippen LogP contribution in [0, 0.1) is 0 Å². The first-order valence-corrected chi connectivity index (χ1v) is 17.0. The highest BCUT2D eigenvalue weighted by Crippen LogP contribution is 2.46.